The molecule has 3 fully saturated rings. The van der Waals surface area contributed by atoms with Gasteiger partial charge < -0.3 is 80.5 Å². The van der Waals surface area contributed by atoms with E-state index in [1.54, 1.807) is 7.11 Å². The van der Waals surface area contributed by atoms with E-state index < -0.39 is 92.1 Å². The molecule has 0 aromatic heterocycles. The minimum Gasteiger partial charge on any atom is -0.497 e. The van der Waals surface area contributed by atoms with Gasteiger partial charge in [0, 0.05) is 0 Å². The van der Waals surface area contributed by atoms with Crippen molar-refractivity contribution in [2.45, 2.75) is 158 Å². The highest BCUT2D eigenvalue weighted by Gasteiger charge is 2.58. The van der Waals surface area contributed by atoms with Crippen molar-refractivity contribution < 1.29 is 80.5 Å². The Morgan fingerprint density at radius 3 is 0.679 bits per heavy atom. The molecule has 14 rings (SSSR count). The minimum atomic E-state index is -1.47. The second-order valence-corrected chi connectivity index (χ2v) is 28.0. The molecule has 0 bridgehead atoms. The van der Waals surface area contributed by atoms with Gasteiger partial charge in [-0.15, -0.1) is 0 Å². The lowest BCUT2D eigenvalue weighted by atomic mass is 9.95. The fourth-order valence-corrected chi connectivity index (χ4v) is 14.1. The first-order chi connectivity index (χ1) is 55.5. The van der Waals surface area contributed by atoms with E-state index in [9.17, 15) is 0 Å². The van der Waals surface area contributed by atoms with Crippen LogP contribution < -0.4 is 9.47 Å². The Kier molecular flexibility index (Phi) is 29.9. The molecular weight excluding hydrogens is 1410 g/mol. The third kappa shape index (κ3) is 23.1. The number of rotatable bonds is 40. The molecule has 0 unspecified atom stereocenters. The summed E-state index contributed by atoms with van der Waals surface area (Å²) >= 11 is 0. The molecule has 17 nitrogen and oxygen atoms in total. The molecular formula is C95H98O17. The standard InChI is InChI=1S/C95H98O17/c1-96-79-52-54-80(55-53-79)107-94-91(88(104-63-76-46-26-9-27-47-76)85(101-60-73-40-20-6-21-41-73)82(109-94)67-98-57-70-34-14-3-15-35-70)112-95-92(89(105-64-77-48-28-10-29-49-77)86(102-61-74-42-22-7-23-43-74)83(110-95)68-99-58-71-36-16-4-17-37-71)111-93-90(106-65-78-50-30-11-31-51-78)87(103-62-75-44-24-8-25-45-75)84(100-59-72-38-18-5-19-39-72)81(108-93)66-97-56-69-32-12-2-13-33-69/h2-55,81-95H,56-68H2,1H3/t81-,82-,83-,84-,85-,86-,87+,88+,89+,90+,91+,92+,93-,94+,95-/m1/s1. The molecule has 3 heterocycles. The third-order valence-corrected chi connectivity index (χ3v) is 19.8. The van der Waals surface area contributed by atoms with Gasteiger partial charge in [0.15, 0.2) is 18.7 Å². The van der Waals surface area contributed by atoms with Crippen LogP contribution in [0.5, 0.6) is 11.5 Å². The summed E-state index contributed by atoms with van der Waals surface area (Å²) in [6, 6.07) is 107. The highest BCUT2D eigenvalue weighted by Crippen LogP contribution is 2.41. The molecule has 17 heteroatoms. The number of methoxy groups -OCH3 is 1. The van der Waals surface area contributed by atoms with Crippen LogP contribution in [0.1, 0.15) is 55.6 Å². The molecule has 3 aliphatic rings. The van der Waals surface area contributed by atoms with Crippen molar-refractivity contribution in [2.24, 2.45) is 0 Å². The van der Waals surface area contributed by atoms with Gasteiger partial charge in [0.05, 0.1) is 93.0 Å². The molecule has 112 heavy (non-hydrogen) atoms. The predicted octanol–water partition coefficient (Wildman–Crippen LogP) is 16.8. The second-order valence-electron chi connectivity index (χ2n) is 28.0. The summed E-state index contributed by atoms with van der Waals surface area (Å²) in [6.45, 7) is 1.88. The van der Waals surface area contributed by atoms with Gasteiger partial charge >= 0.3 is 0 Å². The van der Waals surface area contributed by atoms with Crippen molar-refractivity contribution in [2.75, 3.05) is 26.9 Å². The number of benzene rings is 11. The Bertz CT molecular complexity index is 4380. The average Bonchev–Trinajstić information content (AvgIpc) is 0.757. The van der Waals surface area contributed by atoms with E-state index in [1.807, 2.05) is 328 Å². The van der Waals surface area contributed by atoms with Gasteiger partial charge in [-0.05, 0) is 79.9 Å². The largest absolute Gasteiger partial charge is 0.497 e. The van der Waals surface area contributed by atoms with Crippen LogP contribution in [0.3, 0.4) is 0 Å². The summed E-state index contributed by atoms with van der Waals surface area (Å²) in [5.41, 5.74) is 9.28. The number of hydrogen-bond acceptors (Lipinski definition) is 17. The molecule has 0 amide bonds. The maximum Gasteiger partial charge on any atom is 0.229 e. The fraction of sp³-hybridized carbons (Fsp3) is 0.305. The quantitative estimate of drug-likeness (QED) is 0.0357. The Hall–Kier alpha value is -9.58. The van der Waals surface area contributed by atoms with Crippen LogP contribution in [0.4, 0.5) is 0 Å². The normalized spacial score (nSPS) is 23.7. The molecule has 3 aliphatic heterocycles. The second kappa shape index (κ2) is 42.3. The summed E-state index contributed by atoms with van der Waals surface area (Å²) in [5, 5.41) is 0. The van der Waals surface area contributed by atoms with E-state index in [4.69, 9.17) is 80.5 Å². The predicted molar refractivity (Wildman–Crippen MR) is 423 cm³/mol. The van der Waals surface area contributed by atoms with E-state index in [1.165, 1.54) is 0 Å². The first-order valence-electron chi connectivity index (χ1n) is 38.5. The number of hydrogen-bond donors (Lipinski definition) is 0. The Balaban J connectivity index is 0.933. The van der Waals surface area contributed by atoms with Crippen LogP contribution in [0.15, 0.2) is 328 Å². The van der Waals surface area contributed by atoms with Gasteiger partial charge in [-0.3, -0.25) is 0 Å². The number of ether oxygens (including phenoxy) is 17. The zero-order valence-electron chi connectivity index (χ0n) is 63.0. The average molecular weight is 1510 g/mol. The molecule has 0 radical (unpaired) electrons. The van der Waals surface area contributed by atoms with Crippen molar-refractivity contribution in [3.05, 3.63) is 383 Å². The zero-order valence-corrected chi connectivity index (χ0v) is 63.0. The Morgan fingerprint density at radius 2 is 0.411 bits per heavy atom. The van der Waals surface area contributed by atoms with Gasteiger partial charge in [0.25, 0.3) is 0 Å². The molecule has 580 valence electrons. The SMILES string of the molecule is COc1ccc(O[C@H]2O[C@H](COCc3ccccc3)[C@@H](OCc3ccccc3)[C@H](OCc3ccccc3)[C@@H]2O[C@H]2O[C@H](COCc3ccccc3)[C@@H](OCc3ccccc3)[C@H](OCc3ccccc3)[C@@H]2O[C@H]2O[C@H](COCc3ccccc3)[C@@H](OCc3ccccc3)[C@H](OCc3ccccc3)[C@@H]2OCc2ccccc2)cc1. The van der Waals surface area contributed by atoms with Crippen LogP contribution in [-0.4, -0.2) is 119 Å². The minimum absolute atomic E-state index is 0.00392. The molecule has 0 N–H and O–H groups in total. The van der Waals surface area contributed by atoms with Crippen LogP contribution in [0.2, 0.25) is 0 Å². The van der Waals surface area contributed by atoms with Crippen LogP contribution >= 0.6 is 0 Å². The Morgan fingerprint density at radius 1 is 0.205 bits per heavy atom. The molecule has 11 aromatic rings. The zero-order chi connectivity index (χ0) is 76.0. The lowest BCUT2D eigenvalue weighted by Crippen LogP contribution is -2.68. The molecule has 11 aromatic carbocycles. The van der Waals surface area contributed by atoms with E-state index >= 15 is 0 Å². The molecule has 3 saturated heterocycles. The highest BCUT2D eigenvalue weighted by atomic mass is 16.8. The van der Waals surface area contributed by atoms with Crippen molar-refractivity contribution in [3.8, 4) is 11.5 Å². The summed E-state index contributed by atoms with van der Waals surface area (Å²) in [4.78, 5) is 0. The summed E-state index contributed by atoms with van der Waals surface area (Å²) in [7, 11) is 1.62. The maximum absolute atomic E-state index is 8.05. The van der Waals surface area contributed by atoms with Crippen molar-refractivity contribution in [1.29, 1.82) is 0 Å². The lowest BCUT2D eigenvalue weighted by Gasteiger charge is -2.52. The van der Waals surface area contributed by atoms with E-state index in [-0.39, 0.29) is 85.9 Å². The van der Waals surface area contributed by atoms with Gasteiger partial charge in [0.1, 0.15) is 78.6 Å². The highest BCUT2D eigenvalue weighted by molar-refractivity contribution is 5.32. The van der Waals surface area contributed by atoms with Crippen LogP contribution in [0.25, 0.3) is 0 Å². The molecule has 0 spiro atoms. The first kappa shape index (κ1) is 79.1. The van der Waals surface area contributed by atoms with E-state index in [0.29, 0.717) is 11.5 Å². The van der Waals surface area contributed by atoms with Gasteiger partial charge in [-0.1, -0.05) is 303 Å². The Labute approximate surface area is 656 Å². The van der Waals surface area contributed by atoms with Crippen LogP contribution in [0, 0.1) is 0 Å². The van der Waals surface area contributed by atoms with Crippen molar-refractivity contribution >= 4 is 0 Å². The van der Waals surface area contributed by atoms with Crippen LogP contribution in [-0.2, 0) is 137 Å². The van der Waals surface area contributed by atoms with Gasteiger partial charge in [-0.25, -0.2) is 0 Å². The maximum atomic E-state index is 8.05. The molecule has 0 aliphatic carbocycles. The van der Waals surface area contributed by atoms with Gasteiger partial charge in [-0.2, -0.15) is 0 Å². The summed E-state index contributed by atoms with van der Waals surface area (Å²) in [6.07, 6.45) is -16.1. The monoisotopic (exact) mass is 1510 g/mol. The first-order valence-corrected chi connectivity index (χ1v) is 38.5. The van der Waals surface area contributed by atoms with E-state index in [2.05, 4.69) is 0 Å². The van der Waals surface area contributed by atoms with Gasteiger partial charge in [0.2, 0.25) is 6.29 Å². The fourth-order valence-electron chi connectivity index (χ4n) is 14.1. The summed E-state index contributed by atoms with van der Waals surface area (Å²) in [5.74, 6) is 1.07. The summed E-state index contributed by atoms with van der Waals surface area (Å²) < 4.78 is 124. The lowest BCUT2D eigenvalue weighted by molar-refractivity contribution is -0.402. The topological polar surface area (TPSA) is 157 Å². The molecule has 15 atom stereocenters. The van der Waals surface area contributed by atoms with Crippen molar-refractivity contribution in [3.63, 3.8) is 0 Å². The van der Waals surface area contributed by atoms with Crippen molar-refractivity contribution in [1.82, 2.24) is 0 Å². The smallest absolute Gasteiger partial charge is 0.229 e. The molecule has 0 saturated carbocycles. The third-order valence-electron chi connectivity index (χ3n) is 19.8. The van der Waals surface area contributed by atoms with E-state index in [0.717, 1.165) is 55.6 Å².